The molecule has 0 saturated heterocycles. The average molecular weight is 402 g/mol. The van der Waals surface area contributed by atoms with Crippen LogP contribution in [0.2, 0.25) is 0 Å². The molecule has 0 aliphatic carbocycles. The van der Waals surface area contributed by atoms with Gasteiger partial charge in [0.25, 0.3) is 5.95 Å². The number of nitrogens with two attached hydrogens (primary N) is 1. The monoisotopic (exact) mass is 402 g/mol. The van der Waals surface area contributed by atoms with E-state index in [1.165, 1.54) is 25.3 Å². The molecule has 0 bridgehead atoms. The van der Waals surface area contributed by atoms with Crippen molar-refractivity contribution in [2.45, 2.75) is 26.2 Å². The number of allylic oxidation sites excluding steroid dienone is 1. The number of anilines is 1. The van der Waals surface area contributed by atoms with Gasteiger partial charge in [0.2, 0.25) is 0 Å². The van der Waals surface area contributed by atoms with Gasteiger partial charge in [0.1, 0.15) is 23.8 Å². The lowest BCUT2D eigenvalue weighted by molar-refractivity contribution is -0.143. The van der Waals surface area contributed by atoms with E-state index in [9.17, 15) is 20.0 Å². The molecule has 1 aliphatic rings. The number of benzene rings is 1. The van der Waals surface area contributed by atoms with Gasteiger partial charge in [-0.25, -0.2) is 4.79 Å². The maximum atomic E-state index is 11.9. The van der Waals surface area contributed by atoms with Crippen molar-refractivity contribution < 1.29 is 33.6 Å². The van der Waals surface area contributed by atoms with Gasteiger partial charge in [-0.3, -0.25) is 4.79 Å². The molecule has 1 aromatic rings. The Morgan fingerprint density at radius 2 is 1.97 bits per heavy atom. The highest BCUT2D eigenvalue weighted by molar-refractivity contribution is 5.90. The van der Waals surface area contributed by atoms with Gasteiger partial charge < -0.3 is 29.8 Å². The van der Waals surface area contributed by atoms with Crippen LogP contribution in [0.3, 0.4) is 0 Å². The van der Waals surface area contributed by atoms with E-state index >= 15 is 0 Å². The first-order valence-electron chi connectivity index (χ1n) is 8.88. The highest BCUT2D eigenvalue weighted by atomic mass is 16.6. The molecule has 0 amide bonds. The van der Waals surface area contributed by atoms with Crippen molar-refractivity contribution in [3.63, 3.8) is 0 Å². The Morgan fingerprint density at radius 3 is 2.52 bits per heavy atom. The maximum Gasteiger partial charge on any atom is 0.338 e. The smallest absolute Gasteiger partial charge is 0.338 e. The number of nitrogens with zero attached hydrogens (tertiary/aromatic N) is 1. The van der Waals surface area contributed by atoms with Crippen LogP contribution >= 0.6 is 0 Å². The Kier molecular flexibility index (Phi) is 7.09. The first-order valence-corrected chi connectivity index (χ1v) is 8.88. The average Bonchev–Trinajstić information content (AvgIpc) is 2.68. The fourth-order valence-electron chi connectivity index (χ4n) is 2.92. The number of aliphatic hydroxyl groups excluding tert-OH is 1. The van der Waals surface area contributed by atoms with Crippen LogP contribution in [0.1, 0.15) is 42.1 Å². The molecule has 1 aromatic carbocycles. The van der Waals surface area contributed by atoms with Crippen LogP contribution in [0.4, 0.5) is 5.69 Å². The lowest BCUT2D eigenvalue weighted by atomic mass is 9.86. The van der Waals surface area contributed by atoms with Gasteiger partial charge >= 0.3 is 11.9 Å². The molecule has 29 heavy (non-hydrogen) atoms. The summed E-state index contributed by atoms with van der Waals surface area (Å²) in [7, 11) is 1.34. The van der Waals surface area contributed by atoms with Crippen LogP contribution in [-0.4, -0.2) is 37.4 Å². The molecule has 0 aromatic heterocycles. The summed E-state index contributed by atoms with van der Waals surface area (Å²) in [4.78, 5) is 23.8. The zero-order valence-corrected chi connectivity index (χ0v) is 16.4. The number of aliphatic hydroxyl groups is 1. The van der Waals surface area contributed by atoms with E-state index in [0.29, 0.717) is 5.56 Å². The van der Waals surface area contributed by atoms with Crippen LogP contribution < -0.4 is 5.73 Å². The second kappa shape index (κ2) is 9.50. The van der Waals surface area contributed by atoms with Crippen molar-refractivity contribution in [2.75, 3.05) is 26.1 Å². The van der Waals surface area contributed by atoms with Gasteiger partial charge in [-0.05, 0) is 31.5 Å². The summed E-state index contributed by atoms with van der Waals surface area (Å²) < 4.78 is 20.5. The number of nitriles is 1. The van der Waals surface area contributed by atoms with Gasteiger partial charge in [-0.1, -0.05) is 6.07 Å². The number of carbonyl (C=O) groups is 2. The Labute approximate surface area is 167 Å². The van der Waals surface area contributed by atoms with Crippen molar-refractivity contribution in [3.8, 4) is 6.07 Å². The minimum Gasteiger partial charge on any atom is -0.497 e. The van der Waals surface area contributed by atoms with Crippen molar-refractivity contribution in [3.05, 3.63) is 52.4 Å². The molecule has 1 atom stereocenters. The summed E-state index contributed by atoms with van der Waals surface area (Å²) in [5, 5.41) is 19.7. The fraction of sp³-hybridized carbons (Fsp3) is 0.350. The molecule has 9 heteroatoms. The first kappa shape index (κ1) is 21.6. The Morgan fingerprint density at radius 1 is 1.28 bits per heavy atom. The summed E-state index contributed by atoms with van der Waals surface area (Å²) in [5.41, 5.74) is 6.78. The van der Waals surface area contributed by atoms with Crippen LogP contribution in [-0.2, 0) is 23.7 Å². The van der Waals surface area contributed by atoms with Crippen molar-refractivity contribution in [1.82, 2.24) is 0 Å². The van der Waals surface area contributed by atoms with Crippen LogP contribution in [0.15, 0.2) is 41.2 Å². The first-order chi connectivity index (χ1) is 13.9. The topological polar surface area (TPSA) is 141 Å². The number of esters is 2. The van der Waals surface area contributed by atoms with Gasteiger partial charge in [0.15, 0.2) is 5.76 Å². The van der Waals surface area contributed by atoms with Crippen molar-refractivity contribution in [2.24, 2.45) is 0 Å². The second-order valence-corrected chi connectivity index (χ2v) is 5.90. The van der Waals surface area contributed by atoms with E-state index in [4.69, 9.17) is 24.7 Å². The molecule has 0 fully saturated rings. The number of ether oxygens (including phenoxy) is 4. The van der Waals surface area contributed by atoms with Crippen molar-refractivity contribution in [1.29, 1.82) is 5.26 Å². The summed E-state index contributed by atoms with van der Waals surface area (Å²) in [6.07, 6.45) is -0.308. The number of hydrogen-bond acceptors (Lipinski definition) is 9. The number of nitrogen functional groups attached to an aromatic ring is 1. The van der Waals surface area contributed by atoms with Crippen LogP contribution in [0.25, 0.3) is 0 Å². The van der Waals surface area contributed by atoms with Crippen molar-refractivity contribution >= 4 is 17.6 Å². The number of methoxy groups -OCH3 is 1. The van der Waals surface area contributed by atoms with E-state index in [0.717, 1.165) is 0 Å². The normalized spacial score (nSPS) is 16.0. The van der Waals surface area contributed by atoms with E-state index in [1.54, 1.807) is 13.8 Å². The molecule has 0 radical (unpaired) electrons. The van der Waals surface area contributed by atoms with E-state index < -0.39 is 23.8 Å². The van der Waals surface area contributed by atoms with Crippen LogP contribution in [0.5, 0.6) is 0 Å². The van der Waals surface area contributed by atoms with Gasteiger partial charge in [0, 0.05) is 5.69 Å². The van der Waals surface area contributed by atoms with Crippen LogP contribution in [0, 0.1) is 11.3 Å². The molecule has 1 heterocycles. The van der Waals surface area contributed by atoms with E-state index in [1.807, 2.05) is 6.07 Å². The van der Waals surface area contributed by atoms with E-state index in [2.05, 4.69) is 0 Å². The standard InChI is InChI=1S/C20H22N2O7/c1-4-27-16(23)9-15-18(26-3)17(13(10-21)20(25)29-15)12-7-6-11(8-14(12)22)19(24)28-5-2/h6-8,17,25H,4-5,9,22H2,1-3H3/t17-/m1/s1. The minimum atomic E-state index is -0.931. The quantitative estimate of drug-likeness (QED) is 0.520. The SMILES string of the molecule is CCOC(=O)CC1=C(OC)[C@H](c2ccc(C(=O)OCC)cc2N)C(C#N)=C(O)O1. The fourth-order valence-corrected chi connectivity index (χ4v) is 2.92. The Bertz CT molecular complexity index is 912. The lowest BCUT2D eigenvalue weighted by Crippen LogP contribution is -2.21. The third-order valence-corrected chi connectivity index (χ3v) is 4.14. The molecule has 0 unspecified atom stereocenters. The molecular weight excluding hydrogens is 380 g/mol. The van der Waals surface area contributed by atoms with Gasteiger partial charge in [-0.15, -0.1) is 0 Å². The summed E-state index contributed by atoms with van der Waals surface area (Å²) in [6.45, 7) is 3.73. The zero-order valence-electron chi connectivity index (χ0n) is 16.4. The van der Waals surface area contributed by atoms with Gasteiger partial charge in [-0.2, -0.15) is 5.26 Å². The minimum absolute atomic E-state index is 0.00122. The van der Waals surface area contributed by atoms with Gasteiger partial charge in [0.05, 0.1) is 31.8 Å². The number of hydrogen-bond donors (Lipinski definition) is 2. The molecule has 1 aliphatic heterocycles. The summed E-state index contributed by atoms with van der Waals surface area (Å²) in [5.74, 6) is -2.59. The predicted molar refractivity (Wildman–Crippen MR) is 101 cm³/mol. The molecule has 2 rings (SSSR count). The number of rotatable bonds is 7. The van der Waals surface area contributed by atoms with E-state index in [-0.39, 0.29) is 48.0 Å². The maximum absolute atomic E-state index is 11.9. The highest BCUT2D eigenvalue weighted by Crippen LogP contribution is 2.42. The summed E-state index contributed by atoms with van der Waals surface area (Å²) in [6, 6.07) is 6.31. The molecule has 0 spiro atoms. The second-order valence-electron chi connectivity index (χ2n) is 5.90. The third kappa shape index (κ3) is 4.60. The molecule has 0 saturated carbocycles. The highest BCUT2D eigenvalue weighted by Gasteiger charge is 2.37. The largest absolute Gasteiger partial charge is 0.497 e. The Balaban J connectivity index is 2.54. The molecule has 9 nitrogen and oxygen atoms in total. The zero-order chi connectivity index (χ0) is 21.6. The molecule has 3 N–H and O–H groups in total. The predicted octanol–water partition coefficient (Wildman–Crippen LogP) is 2.66. The lowest BCUT2D eigenvalue weighted by Gasteiger charge is -2.27. The Hall–Kier alpha value is -3.67. The molecule has 154 valence electrons. The third-order valence-electron chi connectivity index (χ3n) is 4.14. The number of carbonyl (C=O) groups excluding carboxylic acids is 2. The summed E-state index contributed by atoms with van der Waals surface area (Å²) >= 11 is 0. The molecular formula is C20H22N2O7.